The molecule has 0 fully saturated rings. The van der Waals surface area contributed by atoms with Crippen LogP contribution in [0.2, 0.25) is 0 Å². The summed E-state index contributed by atoms with van der Waals surface area (Å²) in [6.45, 7) is -0.159. The third-order valence-corrected chi connectivity index (χ3v) is 3.66. The number of amides is 2. The summed E-state index contributed by atoms with van der Waals surface area (Å²) in [6.07, 6.45) is 8.33. The molecule has 3 rings (SSSR count). The molecule has 6 nitrogen and oxygen atoms in total. The molecule has 0 radical (unpaired) electrons. The van der Waals surface area contributed by atoms with Crippen molar-refractivity contribution in [1.29, 1.82) is 0 Å². The number of hydroxylamine groups is 2. The summed E-state index contributed by atoms with van der Waals surface area (Å²) in [5.41, 5.74) is 8.29. The van der Waals surface area contributed by atoms with Gasteiger partial charge in [-0.15, -0.1) is 0 Å². The van der Waals surface area contributed by atoms with E-state index in [0.717, 1.165) is 41.0 Å². The molecule has 1 heterocycles. The van der Waals surface area contributed by atoms with Crippen molar-refractivity contribution in [3.05, 3.63) is 59.9 Å². The first-order chi connectivity index (χ1) is 12.1. The lowest BCUT2D eigenvalue weighted by Crippen LogP contribution is -2.32. The molecule has 25 heavy (non-hydrogen) atoms. The number of hydrogen-bond acceptors (Lipinski definition) is 4. The molecule has 1 aliphatic carbocycles. The standard InChI is InChI=1S/C19H17N3O3/c20-19(23)22(24)11-5-7-14-6-4-10-16(12-14)17-13-18(25-21-17)15-8-2-1-3-9-15/h2,4,6,8-10,12-13,24H,1,3,11H2,(H2,20,23). The molecule has 0 saturated heterocycles. The SMILES string of the molecule is NC(=O)N(O)CC#Cc1cccc(-c2cc(C3=CCCC=C3)on2)c1. The van der Waals surface area contributed by atoms with E-state index in [1.54, 1.807) is 0 Å². The monoisotopic (exact) mass is 335 g/mol. The number of benzene rings is 1. The Hall–Kier alpha value is -3.30. The van der Waals surface area contributed by atoms with E-state index in [4.69, 9.17) is 10.3 Å². The van der Waals surface area contributed by atoms with Gasteiger partial charge >= 0.3 is 6.03 Å². The Labute approximate surface area is 145 Å². The summed E-state index contributed by atoms with van der Waals surface area (Å²) in [6, 6.07) is 8.43. The predicted molar refractivity (Wildman–Crippen MR) is 93.2 cm³/mol. The first kappa shape index (κ1) is 16.6. The van der Waals surface area contributed by atoms with E-state index in [9.17, 15) is 10.0 Å². The Balaban J connectivity index is 1.77. The van der Waals surface area contributed by atoms with Gasteiger partial charge in [0.25, 0.3) is 0 Å². The second-order valence-corrected chi connectivity index (χ2v) is 5.49. The topological polar surface area (TPSA) is 92.6 Å². The second-order valence-electron chi connectivity index (χ2n) is 5.49. The van der Waals surface area contributed by atoms with E-state index >= 15 is 0 Å². The molecular weight excluding hydrogens is 318 g/mol. The van der Waals surface area contributed by atoms with Crippen molar-refractivity contribution in [1.82, 2.24) is 10.2 Å². The highest BCUT2D eigenvalue weighted by atomic mass is 16.5. The van der Waals surface area contributed by atoms with Crippen LogP contribution in [0.4, 0.5) is 4.79 Å². The van der Waals surface area contributed by atoms with Crippen LogP contribution >= 0.6 is 0 Å². The first-order valence-electron chi connectivity index (χ1n) is 7.82. The number of hydrogen-bond donors (Lipinski definition) is 2. The lowest BCUT2D eigenvalue weighted by atomic mass is 10.0. The molecule has 126 valence electrons. The zero-order valence-corrected chi connectivity index (χ0v) is 13.5. The summed E-state index contributed by atoms with van der Waals surface area (Å²) in [7, 11) is 0. The van der Waals surface area contributed by atoms with Crippen LogP contribution in [0.5, 0.6) is 0 Å². The minimum absolute atomic E-state index is 0.159. The van der Waals surface area contributed by atoms with Crippen molar-refractivity contribution in [3.63, 3.8) is 0 Å². The van der Waals surface area contributed by atoms with Gasteiger partial charge in [0.2, 0.25) is 0 Å². The molecule has 2 aromatic rings. The van der Waals surface area contributed by atoms with Gasteiger partial charge in [-0.05, 0) is 25.0 Å². The molecule has 2 amide bonds. The molecule has 1 aromatic carbocycles. The van der Waals surface area contributed by atoms with E-state index < -0.39 is 6.03 Å². The van der Waals surface area contributed by atoms with Crippen molar-refractivity contribution in [2.75, 3.05) is 6.54 Å². The van der Waals surface area contributed by atoms with E-state index in [2.05, 4.69) is 29.1 Å². The third-order valence-electron chi connectivity index (χ3n) is 3.66. The van der Waals surface area contributed by atoms with Gasteiger partial charge < -0.3 is 10.3 Å². The molecular formula is C19H17N3O3. The van der Waals surface area contributed by atoms with Crippen molar-refractivity contribution in [2.24, 2.45) is 5.73 Å². The minimum atomic E-state index is -0.941. The number of nitrogens with two attached hydrogens (primary N) is 1. The third kappa shape index (κ3) is 4.16. The first-order valence-corrected chi connectivity index (χ1v) is 7.82. The van der Waals surface area contributed by atoms with Gasteiger partial charge in [-0.25, -0.2) is 4.79 Å². The lowest BCUT2D eigenvalue weighted by molar-refractivity contribution is -0.0269. The number of rotatable bonds is 3. The number of carbonyl (C=O) groups is 1. The Kier molecular flexibility index (Phi) is 4.97. The highest BCUT2D eigenvalue weighted by Gasteiger charge is 2.10. The average Bonchev–Trinajstić information content (AvgIpc) is 3.13. The number of carbonyl (C=O) groups excluding carboxylic acids is 1. The summed E-state index contributed by atoms with van der Waals surface area (Å²) >= 11 is 0. The predicted octanol–water partition coefficient (Wildman–Crippen LogP) is 3.20. The van der Waals surface area contributed by atoms with Crippen LogP contribution in [0.15, 0.2) is 53.1 Å². The highest BCUT2D eigenvalue weighted by molar-refractivity contribution is 5.74. The fraction of sp³-hybridized carbons (Fsp3) is 0.158. The molecule has 1 aromatic heterocycles. The number of primary amides is 1. The number of urea groups is 1. The zero-order chi connectivity index (χ0) is 17.6. The van der Waals surface area contributed by atoms with Gasteiger partial charge in [0.1, 0.15) is 12.2 Å². The van der Waals surface area contributed by atoms with Crippen LogP contribution in [-0.4, -0.2) is 28.0 Å². The molecule has 6 heteroatoms. The number of allylic oxidation sites excluding steroid dienone is 4. The summed E-state index contributed by atoms with van der Waals surface area (Å²) < 4.78 is 5.44. The van der Waals surface area contributed by atoms with E-state index in [0.29, 0.717) is 5.06 Å². The molecule has 0 unspecified atom stereocenters. The molecule has 0 spiro atoms. The van der Waals surface area contributed by atoms with E-state index in [1.165, 1.54) is 0 Å². The Bertz CT molecular complexity index is 900. The van der Waals surface area contributed by atoms with Crippen LogP contribution in [-0.2, 0) is 0 Å². The molecule has 0 atom stereocenters. The van der Waals surface area contributed by atoms with E-state index in [1.807, 2.05) is 36.4 Å². The molecule has 0 bridgehead atoms. The van der Waals surface area contributed by atoms with E-state index in [-0.39, 0.29) is 6.54 Å². The quantitative estimate of drug-likeness (QED) is 0.512. The Morgan fingerprint density at radius 3 is 3.00 bits per heavy atom. The van der Waals surface area contributed by atoms with Crippen LogP contribution < -0.4 is 5.73 Å². The maximum atomic E-state index is 10.7. The lowest BCUT2D eigenvalue weighted by Gasteiger charge is -2.05. The summed E-state index contributed by atoms with van der Waals surface area (Å²) in [5.74, 6) is 6.29. The van der Waals surface area contributed by atoms with Crippen molar-refractivity contribution < 1.29 is 14.5 Å². The molecule has 0 aliphatic heterocycles. The zero-order valence-electron chi connectivity index (χ0n) is 13.5. The fourth-order valence-corrected chi connectivity index (χ4v) is 2.39. The van der Waals surface area contributed by atoms with Gasteiger partial charge in [0, 0.05) is 22.8 Å². The molecule has 3 N–H and O–H groups in total. The van der Waals surface area contributed by atoms with Crippen LogP contribution in [0.25, 0.3) is 16.8 Å². The molecule has 0 saturated carbocycles. The van der Waals surface area contributed by atoms with Crippen molar-refractivity contribution in [2.45, 2.75) is 12.8 Å². The van der Waals surface area contributed by atoms with Gasteiger partial charge in [-0.2, -0.15) is 5.06 Å². The van der Waals surface area contributed by atoms with Crippen LogP contribution in [0.3, 0.4) is 0 Å². The number of aromatic nitrogens is 1. The largest absolute Gasteiger partial charge is 0.356 e. The minimum Gasteiger partial charge on any atom is -0.356 e. The summed E-state index contributed by atoms with van der Waals surface area (Å²) in [5, 5.41) is 13.7. The fourth-order valence-electron chi connectivity index (χ4n) is 2.39. The van der Waals surface area contributed by atoms with Gasteiger partial charge in [0.05, 0.1) is 0 Å². The van der Waals surface area contributed by atoms with Gasteiger partial charge in [-0.1, -0.05) is 47.4 Å². The maximum Gasteiger partial charge on any atom is 0.339 e. The van der Waals surface area contributed by atoms with Gasteiger partial charge in [0.15, 0.2) is 5.76 Å². The van der Waals surface area contributed by atoms with Gasteiger partial charge in [-0.3, -0.25) is 5.21 Å². The maximum absolute atomic E-state index is 10.7. The second kappa shape index (κ2) is 7.51. The molecule has 1 aliphatic rings. The van der Waals surface area contributed by atoms with Crippen molar-refractivity contribution in [3.8, 4) is 23.1 Å². The summed E-state index contributed by atoms with van der Waals surface area (Å²) in [4.78, 5) is 10.7. The number of nitrogens with zero attached hydrogens (tertiary/aromatic N) is 2. The Morgan fingerprint density at radius 2 is 2.24 bits per heavy atom. The highest BCUT2D eigenvalue weighted by Crippen LogP contribution is 2.26. The average molecular weight is 335 g/mol. The van der Waals surface area contributed by atoms with Crippen molar-refractivity contribution >= 4 is 11.6 Å². The normalized spacial score (nSPS) is 12.9. The van der Waals surface area contributed by atoms with Crippen LogP contribution in [0.1, 0.15) is 24.2 Å². The van der Waals surface area contributed by atoms with Crippen LogP contribution in [0, 0.1) is 11.8 Å². The Morgan fingerprint density at radius 1 is 1.36 bits per heavy atom. The smallest absolute Gasteiger partial charge is 0.339 e.